The van der Waals surface area contributed by atoms with E-state index in [1.807, 2.05) is 6.07 Å². The molecule has 2 N–H and O–H groups in total. The Labute approximate surface area is 182 Å². The molecule has 164 valence electrons. The molecule has 1 saturated carbocycles. The van der Waals surface area contributed by atoms with Crippen LogP contribution < -0.4 is 20.2 Å². The molecular formula is C24H29N3O4. The second-order valence-corrected chi connectivity index (χ2v) is 7.61. The van der Waals surface area contributed by atoms with Gasteiger partial charge in [0, 0.05) is 28.8 Å². The van der Waals surface area contributed by atoms with Gasteiger partial charge in [-0.2, -0.15) is 5.10 Å². The number of nitrogens with zero attached hydrogens (tertiary/aromatic N) is 1. The highest BCUT2D eigenvalue weighted by atomic mass is 16.5. The SMILES string of the molecule is COc1ccc(C(C)=NNC(=O)c2ccc(NC(=O)C3CCCCC3)cc2)c(OC)c1. The van der Waals surface area contributed by atoms with Gasteiger partial charge in [-0.3, -0.25) is 9.59 Å². The van der Waals surface area contributed by atoms with Crippen LogP contribution in [0.5, 0.6) is 11.5 Å². The monoisotopic (exact) mass is 423 g/mol. The summed E-state index contributed by atoms with van der Waals surface area (Å²) in [6, 6.07) is 12.2. The molecule has 0 bridgehead atoms. The predicted molar refractivity (Wildman–Crippen MR) is 121 cm³/mol. The summed E-state index contributed by atoms with van der Waals surface area (Å²) in [5.41, 5.74) is 5.06. The molecule has 0 spiro atoms. The third-order valence-corrected chi connectivity index (χ3v) is 5.51. The second-order valence-electron chi connectivity index (χ2n) is 7.61. The third-order valence-electron chi connectivity index (χ3n) is 5.51. The van der Waals surface area contributed by atoms with Crippen LogP contribution >= 0.6 is 0 Å². The lowest BCUT2D eigenvalue weighted by molar-refractivity contribution is -0.120. The van der Waals surface area contributed by atoms with Crippen molar-refractivity contribution in [1.82, 2.24) is 5.43 Å². The van der Waals surface area contributed by atoms with E-state index in [0.717, 1.165) is 31.2 Å². The van der Waals surface area contributed by atoms with E-state index in [4.69, 9.17) is 9.47 Å². The Morgan fingerprint density at radius 2 is 1.68 bits per heavy atom. The number of carbonyl (C=O) groups excluding carboxylic acids is 2. The lowest BCUT2D eigenvalue weighted by Crippen LogP contribution is -2.24. The van der Waals surface area contributed by atoms with Gasteiger partial charge in [0.25, 0.3) is 5.91 Å². The molecule has 31 heavy (non-hydrogen) atoms. The summed E-state index contributed by atoms with van der Waals surface area (Å²) in [5.74, 6) is 1.09. The minimum Gasteiger partial charge on any atom is -0.497 e. The van der Waals surface area contributed by atoms with Crippen LogP contribution in [0.25, 0.3) is 0 Å². The van der Waals surface area contributed by atoms with E-state index in [-0.39, 0.29) is 17.7 Å². The number of anilines is 1. The fourth-order valence-electron chi connectivity index (χ4n) is 3.67. The molecule has 2 amide bonds. The molecule has 0 heterocycles. The molecule has 0 aliphatic heterocycles. The van der Waals surface area contributed by atoms with Crippen molar-refractivity contribution in [3.63, 3.8) is 0 Å². The van der Waals surface area contributed by atoms with Crippen LogP contribution in [0.1, 0.15) is 54.9 Å². The first-order valence-corrected chi connectivity index (χ1v) is 10.5. The summed E-state index contributed by atoms with van der Waals surface area (Å²) >= 11 is 0. The van der Waals surface area contributed by atoms with E-state index in [1.54, 1.807) is 57.5 Å². The van der Waals surface area contributed by atoms with Crippen molar-refractivity contribution in [3.8, 4) is 11.5 Å². The number of rotatable bonds is 7. The quantitative estimate of drug-likeness (QED) is 0.511. The zero-order valence-electron chi connectivity index (χ0n) is 18.2. The molecule has 0 aromatic heterocycles. The van der Waals surface area contributed by atoms with Gasteiger partial charge in [-0.1, -0.05) is 19.3 Å². The highest BCUT2D eigenvalue weighted by Gasteiger charge is 2.21. The minimum atomic E-state index is -0.336. The number of ether oxygens (including phenoxy) is 2. The summed E-state index contributed by atoms with van der Waals surface area (Å²) < 4.78 is 10.6. The number of carbonyl (C=O) groups is 2. The van der Waals surface area contributed by atoms with Crippen LogP contribution in [0.2, 0.25) is 0 Å². The number of benzene rings is 2. The number of hydrogen-bond acceptors (Lipinski definition) is 5. The zero-order chi connectivity index (χ0) is 22.2. The van der Waals surface area contributed by atoms with Gasteiger partial charge < -0.3 is 14.8 Å². The van der Waals surface area contributed by atoms with E-state index in [9.17, 15) is 9.59 Å². The van der Waals surface area contributed by atoms with Gasteiger partial charge in [-0.15, -0.1) is 0 Å². The van der Waals surface area contributed by atoms with E-state index in [2.05, 4.69) is 15.8 Å². The molecule has 2 aromatic carbocycles. The van der Waals surface area contributed by atoms with Crippen LogP contribution in [-0.2, 0) is 4.79 Å². The molecule has 1 aliphatic carbocycles. The molecule has 2 aromatic rings. The zero-order valence-corrected chi connectivity index (χ0v) is 18.2. The average Bonchev–Trinajstić information content (AvgIpc) is 2.82. The van der Waals surface area contributed by atoms with Crippen molar-refractivity contribution in [2.75, 3.05) is 19.5 Å². The maximum Gasteiger partial charge on any atom is 0.271 e. The first kappa shape index (κ1) is 22.3. The molecule has 3 rings (SSSR count). The Bertz CT molecular complexity index is 948. The van der Waals surface area contributed by atoms with E-state index in [0.29, 0.717) is 28.5 Å². The normalized spacial score (nSPS) is 14.6. The topological polar surface area (TPSA) is 89.0 Å². The average molecular weight is 424 g/mol. The van der Waals surface area contributed by atoms with Crippen LogP contribution in [0.4, 0.5) is 5.69 Å². The lowest BCUT2D eigenvalue weighted by atomic mass is 9.88. The van der Waals surface area contributed by atoms with Gasteiger partial charge in [-0.25, -0.2) is 5.43 Å². The number of hydrazone groups is 1. The second kappa shape index (κ2) is 10.6. The number of methoxy groups -OCH3 is 2. The minimum absolute atomic E-state index is 0.0607. The van der Waals surface area contributed by atoms with Gasteiger partial charge in [0.1, 0.15) is 11.5 Å². The lowest BCUT2D eigenvalue weighted by Gasteiger charge is -2.20. The van der Waals surface area contributed by atoms with Crippen LogP contribution in [-0.4, -0.2) is 31.7 Å². The molecule has 1 aliphatic rings. The van der Waals surface area contributed by atoms with Crippen LogP contribution in [0.15, 0.2) is 47.6 Å². The van der Waals surface area contributed by atoms with Crippen molar-refractivity contribution in [1.29, 1.82) is 0 Å². The van der Waals surface area contributed by atoms with Crippen LogP contribution in [0, 0.1) is 5.92 Å². The molecule has 0 atom stereocenters. The number of amides is 2. The summed E-state index contributed by atoms with van der Waals surface area (Å²) in [6.45, 7) is 1.79. The van der Waals surface area contributed by atoms with E-state index < -0.39 is 0 Å². The van der Waals surface area contributed by atoms with Gasteiger partial charge in [0.15, 0.2) is 0 Å². The Morgan fingerprint density at radius 3 is 2.32 bits per heavy atom. The number of hydrogen-bond donors (Lipinski definition) is 2. The van der Waals surface area contributed by atoms with Crippen molar-refractivity contribution >= 4 is 23.2 Å². The maximum absolute atomic E-state index is 12.5. The van der Waals surface area contributed by atoms with Gasteiger partial charge >= 0.3 is 0 Å². The maximum atomic E-state index is 12.5. The van der Waals surface area contributed by atoms with Crippen molar-refractivity contribution in [2.45, 2.75) is 39.0 Å². The van der Waals surface area contributed by atoms with Gasteiger partial charge in [0.2, 0.25) is 5.91 Å². The Kier molecular flexibility index (Phi) is 7.65. The summed E-state index contributed by atoms with van der Waals surface area (Å²) in [5, 5.41) is 7.14. The van der Waals surface area contributed by atoms with Gasteiger partial charge in [0.05, 0.1) is 19.9 Å². The molecule has 0 unspecified atom stereocenters. The summed E-state index contributed by atoms with van der Waals surface area (Å²) in [6.07, 6.45) is 5.32. The Balaban J connectivity index is 1.61. The largest absolute Gasteiger partial charge is 0.497 e. The molecule has 7 nitrogen and oxygen atoms in total. The molecule has 0 radical (unpaired) electrons. The first-order valence-electron chi connectivity index (χ1n) is 10.5. The number of nitrogens with one attached hydrogen (secondary N) is 2. The highest BCUT2D eigenvalue weighted by Crippen LogP contribution is 2.26. The Morgan fingerprint density at radius 1 is 0.968 bits per heavy atom. The third kappa shape index (κ3) is 5.84. The predicted octanol–water partition coefficient (Wildman–Crippen LogP) is 4.38. The standard InChI is InChI=1S/C24H29N3O4/c1-16(21-14-13-20(30-2)15-22(21)31-3)26-27-24(29)18-9-11-19(12-10-18)25-23(28)17-7-5-4-6-8-17/h9-15,17H,4-8H2,1-3H3,(H,25,28)(H,27,29). The smallest absolute Gasteiger partial charge is 0.271 e. The molecule has 7 heteroatoms. The van der Waals surface area contributed by atoms with Crippen molar-refractivity contribution in [3.05, 3.63) is 53.6 Å². The van der Waals surface area contributed by atoms with E-state index >= 15 is 0 Å². The van der Waals surface area contributed by atoms with Crippen molar-refractivity contribution < 1.29 is 19.1 Å². The fraction of sp³-hybridized carbons (Fsp3) is 0.375. The van der Waals surface area contributed by atoms with E-state index in [1.165, 1.54) is 6.42 Å². The van der Waals surface area contributed by atoms with Gasteiger partial charge in [-0.05, 0) is 56.2 Å². The first-order chi connectivity index (χ1) is 15.0. The molecular weight excluding hydrogens is 394 g/mol. The molecule has 1 fully saturated rings. The molecule has 0 saturated heterocycles. The summed E-state index contributed by atoms with van der Waals surface area (Å²) in [7, 11) is 3.15. The Hall–Kier alpha value is -3.35. The highest BCUT2D eigenvalue weighted by molar-refractivity contribution is 6.03. The fourth-order valence-corrected chi connectivity index (χ4v) is 3.67. The van der Waals surface area contributed by atoms with Crippen molar-refractivity contribution in [2.24, 2.45) is 11.0 Å². The summed E-state index contributed by atoms with van der Waals surface area (Å²) in [4.78, 5) is 24.8. The van der Waals surface area contributed by atoms with Crippen LogP contribution in [0.3, 0.4) is 0 Å².